The minimum atomic E-state index is -0.314. The number of rotatable bonds is 2. The fourth-order valence-corrected chi connectivity index (χ4v) is 1.69. The van der Waals surface area contributed by atoms with Crippen LogP contribution in [0.5, 0.6) is 11.5 Å². The van der Waals surface area contributed by atoms with E-state index in [9.17, 15) is 4.39 Å². The van der Waals surface area contributed by atoms with Crippen molar-refractivity contribution in [3.05, 3.63) is 58.3 Å². The molecule has 0 amide bonds. The Morgan fingerprint density at radius 3 is 2.50 bits per heavy atom. The first-order chi connectivity index (χ1) is 7.66. The van der Waals surface area contributed by atoms with Crippen LogP contribution in [-0.2, 0) is 0 Å². The summed E-state index contributed by atoms with van der Waals surface area (Å²) in [6, 6.07) is 12.5. The van der Waals surface area contributed by atoms with Gasteiger partial charge in [0.1, 0.15) is 17.3 Å². The Balaban J connectivity index is 2.35. The molecule has 1 nitrogen and oxygen atoms in total. The first kappa shape index (κ1) is 11.1. The normalized spacial score (nSPS) is 10.2. The van der Waals surface area contributed by atoms with Crippen molar-refractivity contribution in [1.82, 2.24) is 0 Å². The molecule has 0 aliphatic rings. The number of para-hydroxylation sites is 1. The molecule has 0 aliphatic carbocycles. The van der Waals surface area contributed by atoms with Crippen molar-refractivity contribution in [2.75, 3.05) is 0 Å². The predicted molar refractivity (Wildman–Crippen MR) is 65.4 cm³/mol. The molecular weight excluding hydrogens is 271 g/mol. The molecule has 0 unspecified atom stereocenters. The molecule has 0 N–H and O–H groups in total. The van der Waals surface area contributed by atoms with Gasteiger partial charge in [0.15, 0.2) is 0 Å². The van der Waals surface area contributed by atoms with Gasteiger partial charge >= 0.3 is 0 Å². The molecule has 0 atom stereocenters. The van der Waals surface area contributed by atoms with Crippen molar-refractivity contribution < 1.29 is 9.13 Å². The quantitative estimate of drug-likeness (QED) is 0.776. The van der Waals surface area contributed by atoms with Gasteiger partial charge in [-0.25, -0.2) is 4.39 Å². The molecule has 0 radical (unpaired) electrons. The highest BCUT2D eigenvalue weighted by Gasteiger charge is 2.08. The number of ether oxygens (including phenoxy) is 1. The molecule has 2 rings (SSSR count). The summed E-state index contributed by atoms with van der Waals surface area (Å²) in [6.45, 7) is 1.83. The number of hydrogen-bond acceptors (Lipinski definition) is 1. The lowest BCUT2D eigenvalue weighted by Crippen LogP contribution is -1.89. The second kappa shape index (κ2) is 4.66. The second-order valence-electron chi connectivity index (χ2n) is 3.47. The highest BCUT2D eigenvalue weighted by molar-refractivity contribution is 9.10. The van der Waals surface area contributed by atoms with E-state index in [1.54, 1.807) is 6.07 Å². The summed E-state index contributed by atoms with van der Waals surface area (Å²) in [5.41, 5.74) is 0.826. The summed E-state index contributed by atoms with van der Waals surface area (Å²) in [5.74, 6) is 0.864. The molecule has 16 heavy (non-hydrogen) atoms. The van der Waals surface area contributed by atoms with Crippen LogP contribution in [-0.4, -0.2) is 0 Å². The molecule has 0 fully saturated rings. The van der Waals surface area contributed by atoms with Gasteiger partial charge in [0.2, 0.25) is 0 Å². The molecule has 3 heteroatoms. The molecule has 0 saturated carbocycles. The maximum Gasteiger partial charge on any atom is 0.144 e. The molecule has 0 aromatic heterocycles. The average molecular weight is 281 g/mol. The zero-order valence-corrected chi connectivity index (χ0v) is 10.3. The van der Waals surface area contributed by atoms with Crippen molar-refractivity contribution in [3.63, 3.8) is 0 Å². The number of hydrogen-bond donors (Lipinski definition) is 0. The summed E-state index contributed by atoms with van der Waals surface area (Å²) in [5, 5.41) is 0. The van der Waals surface area contributed by atoms with Crippen LogP contribution in [0.1, 0.15) is 5.56 Å². The van der Waals surface area contributed by atoms with Crippen LogP contribution in [0.25, 0.3) is 0 Å². The predicted octanol–water partition coefficient (Wildman–Crippen LogP) is 4.69. The van der Waals surface area contributed by atoms with Gasteiger partial charge in [0.05, 0.1) is 4.47 Å². The molecule has 0 saturated heterocycles. The molecule has 2 aromatic carbocycles. The lowest BCUT2D eigenvalue weighted by Gasteiger charge is -2.09. The SMILES string of the molecule is Cc1cc(F)c(Br)c(Oc2ccccc2)c1. The van der Waals surface area contributed by atoms with Crippen LogP contribution >= 0.6 is 15.9 Å². The van der Waals surface area contributed by atoms with E-state index in [0.717, 1.165) is 5.56 Å². The van der Waals surface area contributed by atoms with E-state index in [1.807, 2.05) is 37.3 Å². The van der Waals surface area contributed by atoms with Gasteiger partial charge in [-0.15, -0.1) is 0 Å². The Bertz CT molecular complexity index is 497. The highest BCUT2D eigenvalue weighted by Crippen LogP contribution is 2.32. The van der Waals surface area contributed by atoms with Gasteiger partial charge in [0.25, 0.3) is 0 Å². The Hall–Kier alpha value is -1.35. The van der Waals surface area contributed by atoms with Crippen molar-refractivity contribution in [2.45, 2.75) is 6.92 Å². The zero-order chi connectivity index (χ0) is 11.5. The molecule has 0 aliphatic heterocycles. The minimum Gasteiger partial charge on any atom is -0.456 e. The van der Waals surface area contributed by atoms with Gasteiger partial charge in [-0.3, -0.25) is 0 Å². The van der Waals surface area contributed by atoms with E-state index in [0.29, 0.717) is 16.0 Å². The largest absolute Gasteiger partial charge is 0.456 e. The Morgan fingerprint density at radius 2 is 1.81 bits per heavy atom. The molecular formula is C13H10BrFO. The number of benzene rings is 2. The Labute approximate surface area is 102 Å². The fourth-order valence-electron chi connectivity index (χ4n) is 1.38. The van der Waals surface area contributed by atoms with Gasteiger partial charge in [-0.05, 0) is 52.7 Å². The first-order valence-corrected chi connectivity index (χ1v) is 5.64. The van der Waals surface area contributed by atoms with Crippen LogP contribution < -0.4 is 4.74 Å². The molecule has 2 aromatic rings. The third-order valence-corrected chi connectivity index (χ3v) is 2.88. The second-order valence-corrected chi connectivity index (χ2v) is 4.27. The minimum absolute atomic E-state index is 0.314. The van der Waals surface area contributed by atoms with Gasteiger partial charge in [-0.1, -0.05) is 18.2 Å². The average Bonchev–Trinajstić information content (AvgIpc) is 2.27. The summed E-state index contributed by atoms with van der Waals surface area (Å²) in [4.78, 5) is 0. The maximum absolute atomic E-state index is 13.4. The highest BCUT2D eigenvalue weighted by atomic mass is 79.9. The van der Waals surface area contributed by atoms with Crippen LogP contribution in [0.15, 0.2) is 46.9 Å². The third-order valence-electron chi connectivity index (χ3n) is 2.11. The third kappa shape index (κ3) is 2.42. The van der Waals surface area contributed by atoms with E-state index < -0.39 is 0 Å². The van der Waals surface area contributed by atoms with Crippen LogP contribution in [0.4, 0.5) is 4.39 Å². The smallest absolute Gasteiger partial charge is 0.144 e. The Morgan fingerprint density at radius 1 is 1.12 bits per heavy atom. The molecule has 82 valence electrons. The lowest BCUT2D eigenvalue weighted by atomic mass is 10.2. The van der Waals surface area contributed by atoms with Crippen LogP contribution in [0, 0.1) is 12.7 Å². The van der Waals surface area contributed by atoms with E-state index in [-0.39, 0.29) is 5.82 Å². The summed E-state index contributed by atoms with van der Waals surface area (Å²) in [7, 11) is 0. The van der Waals surface area contributed by atoms with Gasteiger partial charge in [-0.2, -0.15) is 0 Å². The number of halogens is 2. The van der Waals surface area contributed by atoms with Crippen molar-refractivity contribution >= 4 is 15.9 Å². The molecule has 0 spiro atoms. The summed E-state index contributed by atoms with van der Waals surface area (Å²) >= 11 is 3.17. The fraction of sp³-hybridized carbons (Fsp3) is 0.0769. The first-order valence-electron chi connectivity index (χ1n) is 4.85. The topological polar surface area (TPSA) is 9.23 Å². The number of aryl methyl sites for hydroxylation is 1. The van der Waals surface area contributed by atoms with Crippen LogP contribution in [0.3, 0.4) is 0 Å². The molecule has 0 bridgehead atoms. The Kier molecular flexibility index (Phi) is 3.25. The summed E-state index contributed by atoms with van der Waals surface area (Å²) < 4.78 is 19.3. The summed E-state index contributed by atoms with van der Waals surface area (Å²) in [6.07, 6.45) is 0. The van der Waals surface area contributed by atoms with E-state index in [4.69, 9.17) is 4.74 Å². The zero-order valence-electron chi connectivity index (χ0n) is 8.71. The van der Waals surface area contributed by atoms with E-state index in [1.165, 1.54) is 6.07 Å². The van der Waals surface area contributed by atoms with Crippen LogP contribution in [0.2, 0.25) is 0 Å². The van der Waals surface area contributed by atoms with Gasteiger partial charge in [0, 0.05) is 0 Å². The van der Waals surface area contributed by atoms with Gasteiger partial charge < -0.3 is 4.74 Å². The van der Waals surface area contributed by atoms with Crippen molar-refractivity contribution in [2.24, 2.45) is 0 Å². The van der Waals surface area contributed by atoms with Crippen molar-refractivity contribution in [1.29, 1.82) is 0 Å². The maximum atomic E-state index is 13.4. The molecule has 0 heterocycles. The van der Waals surface area contributed by atoms with E-state index in [2.05, 4.69) is 15.9 Å². The lowest BCUT2D eigenvalue weighted by molar-refractivity contribution is 0.471. The van der Waals surface area contributed by atoms with E-state index >= 15 is 0 Å². The van der Waals surface area contributed by atoms with Crippen molar-refractivity contribution in [3.8, 4) is 11.5 Å². The standard InChI is InChI=1S/C13H10BrFO/c1-9-7-11(15)13(14)12(8-9)16-10-5-3-2-4-6-10/h2-8H,1H3. The monoisotopic (exact) mass is 280 g/mol.